The Morgan fingerprint density at radius 1 is 1.32 bits per heavy atom. The molecule has 0 unspecified atom stereocenters. The van der Waals surface area contributed by atoms with Crippen LogP contribution < -0.4 is 5.56 Å². The largest absolute Gasteiger partial charge is 0.292 e. The third-order valence-electron chi connectivity index (χ3n) is 3.18. The molecule has 0 spiro atoms. The highest BCUT2D eigenvalue weighted by Gasteiger charge is 2.11. The predicted octanol–water partition coefficient (Wildman–Crippen LogP) is 1.86. The highest BCUT2D eigenvalue weighted by molar-refractivity contribution is 7.16. The van der Waals surface area contributed by atoms with Gasteiger partial charge in [-0.2, -0.15) is 5.10 Å². The second kappa shape index (κ2) is 4.31. The SMILES string of the molecule is Cc1cn(C)nc1Cn1cnc2scc(C)c2c1=O. The van der Waals surface area contributed by atoms with Gasteiger partial charge >= 0.3 is 0 Å². The number of nitrogens with zero attached hydrogens (tertiary/aromatic N) is 4. The lowest BCUT2D eigenvalue weighted by Crippen LogP contribution is -2.21. The van der Waals surface area contributed by atoms with Gasteiger partial charge in [0, 0.05) is 13.2 Å². The Balaban J connectivity index is 2.11. The van der Waals surface area contributed by atoms with Gasteiger partial charge in [-0.1, -0.05) is 0 Å². The molecule has 3 rings (SSSR count). The number of fused-ring (bicyclic) bond motifs is 1. The van der Waals surface area contributed by atoms with Crippen LogP contribution in [0.2, 0.25) is 0 Å². The molecule has 0 aliphatic carbocycles. The van der Waals surface area contributed by atoms with E-state index >= 15 is 0 Å². The third kappa shape index (κ3) is 1.98. The minimum atomic E-state index is 0.00815. The number of rotatable bonds is 2. The van der Waals surface area contributed by atoms with Gasteiger partial charge in [-0.25, -0.2) is 4.98 Å². The van der Waals surface area contributed by atoms with E-state index in [9.17, 15) is 4.79 Å². The fourth-order valence-electron chi connectivity index (χ4n) is 2.19. The summed E-state index contributed by atoms with van der Waals surface area (Å²) in [7, 11) is 1.88. The zero-order chi connectivity index (χ0) is 13.6. The summed E-state index contributed by atoms with van der Waals surface area (Å²) in [6.07, 6.45) is 3.55. The minimum absolute atomic E-state index is 0.00815. The molecule has 98 valence electrons. The summed E-state index contributed by atoms with van der Waals surface area (Å²) in [6, 6.07) is 0. The maximum Gasteiger partial charge on any atom is 0.262 e. The molecule has 3 aromatic heterocycles. The molecule has 0 fully saturated rings. The highest BCUT2D eigenvalue weighted by Crippen LogP contribution is 2.19. The fraction of sp³-hybridized carbons (Fsp3) is 0.308. The van der Waals surface area contributed by atoms with Gasteiger partial charge in [-0.15, -0.1) is 11.3 Å². The van der Waals surface area contributed by atoms with Crippen LogP contribution >= 0.6 is 11.3 Å². The van der Waals surface area contributed by atoms with Crippen LogP contribution in [0, 0.1) is 13.8 Å². The Kier molecular flexibility index (Phi) is 2.74. The van der Waals surface area contributed by atoms with Gasteiger partial charge < -0.3 is 0 Å². The van der Waals surface area contributed by atoms with Gasteiger partial charge in [-0.05, 0) is 30.4 Å². The minimum Gasteiger partial charge on any atom is -0.292 e. The first kappa shape index (κ1) is 12.1. The molecule has 0 aromatic carbocycles. The molecule has 0 bridgehead atoms. The van der Waals surface area contributed by atoms with E-state index in [2.05, 4.69) is 10.1 Å². The molecule has 3 aromatic rings. The first-order valence-electron chi connectivity index (χ1n) is 5.98. The first-order chi connectivity index (χ1) is 9.06. The van der Waals surface area contributed by atoms with Crippen molar-refractivity contribution in [3.05, 3.63) is 45.1 Å². The average molecular weight is 274 g/mol. The number of thiophene rings is 1. The molecule has 19 heavy (non-hydrogen) atoms. The van der Waals surface area contributed by atoms with Crippen LogP contribution in [-0.2, 0) is 13.6 Å². The monoisotopic (exact) mass is 274 g/mol. The fourth-order valence-corrected chi connectivity index (χ4v) is 3.07. The molecule has 0 amide bonds. The van der Waals surface area contributed by atoms with Crippen molar-refractivity contribution < 1.29 is 0 Å². The van der Waals surface area contributed by atoms with E-state index in [-0.39, 0.29) is 5.56 Å². The Morgan fingerprint density at radius 3 is 2.79 bits per heavy atom. The van der Waals surface area contributed by atoms with Crippen LogP contribution in [0.25, 0.3) is 10.2 Å². The Morgan fingerprint density at radius 2 is 2.11 bits per heavy atom. The molecule has 0 atom stereocenters. The summed E-state index contributed by atoms with van der Waals surface area (Å²) in [5.41, 5.74) is 2.98. The highest BCUT2D eigenvalue weighted by atomic mass is 32.1. The number of aromatic nitrogens is 4. The van der Waals surface area contributed by atoms with E-state index in [4.69, 9.17) is 0 Å². The molecule has 0 aliphatic heterocycles. The Labute approximate surface area is 114 Å². The van der Waals surface area contributed by atoms with Crippen LogP contribution in [0.15, 0.2) is 22.7 Å². The smallest absolute Gasteiger partial charge is 0.262 e. The van der Waals surface area contributed by atoms with Gasteiger partial charge in [0.25, 0.3) is 5.56 Å². The maximum absolute atomic E-state index is 12.4. The zero-order valence-corrected chi connectivity index (χ0v) is 11.9. The lowest BCUT2D eigenvalue weighted by Gasteiger charge is -2.04. The average Bonchev–Trinajstić information content (AvgIpc) is 2.87. The van der Waals surface area contributed by atoms with Gasteiger partial charge in [0.2, 0.25) is 0 Å². The number of aryl methyl sites for hydroxylation is 3. The van der Waals surface area contributed by atoms with Gasteiger partial charge in [0.1, 0.15) is 4.83 Å². The zero-order valence-electron chi connectivity index (χ0n) is 11.0. The molecule has 3 heterocycles. The van der Waals surface area contributed by atoms with E-state index in [0.717, 1.165) is 27.0 Å². The van der Waals surface area contributed by atoms with Gasteiger partial charge in [-0.3, -0.25) is 14.0 Å². The van der Waals surface area contributed by atoms with Crippen molar-refractivity contribution in [2.24, 2.45) is 7.05 Å². The normalized spacial score (nSPS) is 11.3. The quantitative estimate of drug-likeness (QED) is 0.716. The first-order valence-corrected chi connectivity index (χ1v) is 6.86. The van der Waals surface area contributed by atoms with Crippen LogP contribution in [0.3, 0.4) is 0 Å². The Hall–Kier alpha value is -1.95. The van der Waals surface area contributed by atoms with E-state index in [1.165, 1.54) is 11.3 Å². The standard InChI is InChI=1S/C13H14N4OS/c1-8-4-16(3)15-10(8)5-17-7-14-12-11(13(17)18)9(2)6-19-12/h4,6-7H,5H2,1-3H3. The summed E-state index contributed by atoms with van der Waals surface area (Å²) >= 11 is 1.51. The molecule has 0 radical (unpaired) electrons. The predicted molar refractivity (Wildman–Crippen MR) is 75.7 cm³/mol. The van der Waals surface area contributed by atoms with Crippen molar-refractivity contribution in [2.45, 2.75) is 20.4 Å². The van der Waals surface area contributed by atoms with Crippen molar-refractivity contribution in [2.75, 3.05) is 0 Å². The summed E-state index contributed by atoms with van der Waals surface area (Å²) in [6.45, 7) is 4.40. The third-order valence-corrected chi connectivity index (χ3v) is 4.18. The second-order valence-corrected chi connectivity index (χ2v) is 5.57. The molecule has 0 saturated heterocycles. The molecule has 0 saturated carbocycles. The van der Waals surface area contributed by atoms with Crippen LogP contribution in [-0.4, -0.2) is 19.3 Å². The summed E-state index contributed by atoms with van der Waals surface area (Å²) in [4.78, 5) is 17.6. The van der Waals surface area contributed by atoms with Crippen LogP contribution in [0.1, 0.15) is 16.8 Å². The summed E-state index contributed by atoms with van der Waals surface area (Å²) < 4.78 is 3.38. The number of hydrogen-bond donors (Lipinski definition) is 0. The molecular weight excluding hydrogens is 260 g/mol. The van der Waals surface area contributed by atoms with Crippen molar-refractivity contribution in [1.82, 2.24) is 19.3 Å². The Bertz CT molecular complexity index is 812. The maximum atomic E-state index is 12.4. The lowest BCUT2D eigenvalue weighted by molar-refractivity contribution is 0.686. The van der Waals surface area contributed by atoms with Crippen LogP contribution in [0.5, 0.6) is 0 Å². The topological polar surface area (TPSA) is 52.7 Å². The van der Waals surface area contributed by atoms with E-state index in [0.29, 0.717) is 6.54 Å². The molecular formula is C13H14N4OS. The van der Waals surface area contributed by atoms with E-state index in [1.807, 2.05) is 32.5 Å². The van der Waals surface area contributed by atoms with Gasteiger partial charge in [0.15, 0.2) is 0 Å². The van der Waals surface area contributed by atoms with Gasteiger partial charge in [0.05, 0.1) is 24.0 Å². The van der Waals surface area contributed by atoms with Crippen molar-refractivity contribution in [3.63, 3.8) is 0 Å². The van der Waals surface area contributed by atoms with Crippen molar-refractivity contribution in [3.8, 4) is 0 Å². The summed E-state index contributed by atoms with van der Waals surface area (Å²) in [5, 5.41) is 7.06. The number of hydrogen-bond acceptors (Lipinski definition) is 4. The van der Waals surface area contributed by atoms with E-state index < -0.39 is 0 Å². The molecule has 0 aliphatic rings. The summed E-state index contributed by atoms with van der Waals surface area (Å²) in [5.74, 6) is 0. The molecule has 6 heteroatoms. The van der Waals surface area contributed by atoms with Crippen LogP contribution in [0.4, 0.5) is 0 Å². The van der Waals surface area contributed by atoms with Crippen molar-refractivity contribution in [1.29, 1.82) is 0 Å². The second-order valence-electron chi connectivity index (χ2n) is 4.71. The molecule has 0 N–H and O–H groups in total. The van der Waals surface area contributed by atoms with Crippen molar-refractivity contribution >= 4 is 21.6 Å². The lowest BCUT2D eigenvalue weighted by atomic mass is 10.2. The van der Waals surface area contributed by atoms with E-state index in [1.54, 1.807) is 15.6 Å². The molecule has 5 nitrogen and oxygen atoms in total.